The predicted octanol–water partition coefficient (Wildman–Crippen LogP) is 7.69. The summed E-state index contributed by atoms with van der Waals surface area (Å²) in [5, 5.41) is 0. The van der Waals surface area contributed by atoms with E-state index < -0.39 is 0 Å². The number of carbonyl (C=O) groups is 1. The van der Waals surface area contributed by atoms with E-state index in [0.717, 1.165) is 24.7 Å². The molecular weight excluding hydrogens is 308 g/mol. The third kappa shape index (κ3) is 21.4. The van der Waals surface area contributed by atoms with E-state index in [9.17, 15) is 4.79 Å². The van der Waals surface area contributed by atoms with Gasteiger partial charge in [-0.1, -0.05) is 98.3 Å². The van der Waals surface area contributed by atoms with Crippen LogP contribution in [-0.2, 0) is 9.53 Å². The van der Waals surface area contributed by atoms with Gasteiger partial charge in [0, 0.05) is 6.42 Å². The fourth-order valence-corrected chi connectivity index (χ4v) is 3.15. The number of hydrogen-bond donors (Lipinski definition) is 0. The van der Waals surface area contributed by atoms with Crippen molar-refractivity contribution in [3.05, 3.63) is 0 Å². The first-order chi connectivity index (χ1) is 12.0. The van der Waals surface area contributed by atoms with E-state index in [-0.39, 0.29) is 5.97 Å². The lowest BCUT2D eigenvalue weighted by atomic mass is 10.0. The standard InChI is InChI=1S/C23H46O2/c1-21(2)17-13-11-9-7-5-6-8-10-12-14-19-23(24)25-20-16-15-18-22(3)4/h21-22H,5-20H2,1-4H3. The molecule has 2 nitrogen and oxygen atoms in total. The molecule has 0 saturated heterocycles. The van der Waals surface area contributed by atoms with Crippen LogP contribution in [0.5, 0.6) is 0 Å². The van der Waals surface area contributed by atoms with Crippen LogP contribution in [0.3, 0.4) is 0 Å². The van der Waals surface area contributed by atoms with Crippen LogP contribution >= 0.6 is 0 Å². The molecule has 0 aromatic carbocycles. The van der Waals surface area contributed by atoms with Crippen LogP contribution in [-0.4, -0.2) is 12.6 Å². The quantitative estimate of drug-likeness (QED) is 0.186. The van der Waals surface area contributed by atoms with Gasteiger partial charge in [0.15, 0.2) is 0 Å². The predicted molar refractivity (Wildman–Crippen MR) is 110 cm³/mol. The summed E-state index contributed by atoms with van der Waals surface area (Å²) in [5.74, 6) is 1.62. The highest BCUT2D eigenvalue weighted by molar-refractivity contribution is 5.69. The largest absolute Gasteiger partial charge is 0.466 e. The van der Waals surface area contributed by atoms with E-state index in [2.05, 4.69) is 27.7 Å². The van der Waals surface area contributed by atoms with Gasteiger partial charge >= 0.3 is 5.97 Å². The van der Waals surface area contributed by atoms with Gasteiger partial charge in [0.2, 0.25) is 0 Å². The zero-order valence-electron chi connectivity index (χ0n) is 17.8. The van der Waals surface area contributed by atoms with Crippen LogP contribution in [0.1, 0.15) is 124 Å². The Labute approximate surface area is 158 Å². The Kier molecular flexibility index (Phi) is 17.9. The minimum absolute atomic E-state index is 0.00550. The molecule has 0 spiro atoms. The van der Waals surface area contributed by atoms with Crippen molar-refractivity contribution in [2.45, 2.75) is 124 Å². The average Bonchev–Trinajstić information content (AvgIpc) is 2.55. The molecule has 0 radical (unpaired) electrons. The first kappa shape index (κ1) is 24.5. The van der Waals surface area contributed by atoms with Crippen molar-refractivity contribution in [2.75, 3.05) is 6.61 Å². The second kappa shape index (κ2) is 18.3. The van der Waals surface area contributed by atoms with E-state index >= 15 is 0 Å². The second-order valence-electron chi connectivity index (χ2n) is 8.58. The van der Waals surface area contributed by atoms with Crippen LogP contribution in [0.2, 0.25) is 0 Å². The first-order valence-corrected chi connectivity index (χ1v) is 11.2. The molecule has 0 amide bonds. The highest BCUT2D eigenvalue weighted by atomic mass is 16.5. The summed E-state index contributed by atoms with van der Waals surface area (Å²) >= 11 is 0. The zero-order valence-corrected chi connectivity index (χ0v) is 17.8. The topological polar surface area (TPSA) is 26.3 Å². The van der Waals surface area contributed by atoms with E-state index in [0.29, 0.717) is 13.0 Å². The summed E-state index contributed by atoms with van der Waals surface area (Å²) in [6, 6.07) is 0. The molecule has 0 fully saturated rings. The molecule has 150 valence electrons. The van der Waals surface area contributed by atoms with E-state index in [1.54, 1.807) is 0 Å². The molecule has 0 aromatic heterocycles. The molecule has 0 bridgehead atoms. The lowest BCUT2D eigenvalue weighted by molar-refractivity contribution is -0.143. The molecule has 0 aromatic rings. The van der Waals surface area contributed by atoms with Crippen LogP contribution in [0, 0.1) is 11.8 Å². The average molecular weight is 355 g/mol. The summed E-state index contributed by atoms with van der Waals surface area (Å²) in [4.78, 5) is 11.6. The molecule has 2 heteroatoms. The maximum absolute atomic E-state index is 11.6. The highest BCUT2D eigenvalue weighted by Crippen LogP contribution is 2.14. The van der Waals surface area contributed by atoms with E-state index in [1.807, 2.05) is 0 Å². The molecule has 0 aliphatic carbocycles. The van der Waals surface area contributed by atoms with E-state index in [1.165, 1.54) is 77.0 Å². The third-order valence-corrected chi connectivity index (χ3v) is 4.85. The van der Waals surface area contributed by atoms with Crippen LogP contribution in [0.15, 0.2) is 0 Å². The number of hydrogen-bond acceptors (Lipinski definition) is 2. The van der Waals surface area contributed by atoms with Gasteiger partial charge in [0.1, 0.15) is 0 Å². The normalized spacial score (nSPS) is 11.4. The van der Waals surface area contributed by atoms with Crippen LogP contribution in [0.25, 0.3) is 0 Å². The molecule has 0 unspecified atom stereocenters. The van der Waals surface area contributed by atoms with Gasteiger partial charge in [0.05, 0.1) is 6.61 Å². The number of unbranched alkanes of at least 4 members (excludes halogenated alkanes) is 10. The third-order valence-electron chi connectivity index (χ3n) is 4.85. The lowest BCUT2D eigenvalue weighted by Gasteiger charge is -2.06. The Hall–Kier alpha value is -0.530. The van der Waals surface area contributed by atoms with Crippen LogP contribution < -0.4 is 0 Å². The Morgan fingerprint density at radius 3 is 1.48 bits per heavy atom. The first-order valence-electron chi connectivity index (χ1n) is 11.2. The van der Waals surface area contributed by atoms with Gasteiger partial charge in [-0.2, -0.15) is 0 Å². The number of ether oxygens (including phenoxy) is 1. The summed E-state index contributed by atoms with van der Waals surface area (Å²) in [6.07, 6.45) is 18.6. The molecule has 25 heavy (non-hydrogen) atoms. The zero-order chi connectivity index (χ0) is 18.8. The molecule has 0 heterocycles. The molecule has 0 aliphatic heterocycles. The van der Waals surface area contributed by atoms with Gasteiger partial charge in [-0.25, -0.2) is 0 Å². The molecule has 0 atom stereocenters. The van der Waals surface area contributed by atoms with Crippen molar-refractivity contribution < 1.29 is 9.53 Å². The molecular formula is C23H46O2. The Bertz CT molecular complexity index is 284. The van der Waals surface area contributed by atoms with Gasteiger partial charge in [-0.15, -0.1) is 0 Å². The van der Waals surface area contributed by atoms with Gasteiger partial charge in [0.25, 0.3) is 0 Å². The van der Waals surface area contributed by atoms with Crippen molar-refractivity contribution >= 4 is 5.97 Å². The maximum Gasteiger partial charge on any atom is 0.305 e. The molecule has 0 N–H and O–H groups in total. The Balaban J connectivity index is 3.16. The maximum atomic E-state index is 11.6. The van der Waals surface area contributed by atoms with Gasteiger partial charge in [-0.05, 0) is 31.1 Å². The molecule has 0 saturated carbocycles. The SMILES string of the molecule is CC(C)CCCCCCCCCCCCC(=O)OCCCCC(C)C. The smallest absolute Gasteiger partial charge is 0.305 e. The van der Waals surface area contributed by atoms with Crippen molar-refractivity contribution in [3.63, 3.8) is 0 Å². The highest BCUT2D eigenvalue weighted by Gasteiger charge is 2.03. The van der Waals surface area contributed by atoms with Crippen molar-refractivity contribution in [1.29, 1.82) is 0 Å². The summed E-state index contributed by atoms with van der Waals surface area (Å²) in [6.45, 7) is 9.71. The minimum atomic E-state index is 0.00550. The van der Waals surface area contributed by atoms with Gasteiger partial charge < -0.3 is 4.74 Å². The fourth-order valence-electron chi connectivity index (χ4n) is 3.15. The van der Waals surface area contributed by atoms with Crippen molar-refractivity contribution in [2.24, 2.45) is 11.8 Å². The summed E-state index contributed by atoms with van der Waals surface area (Å²) in [5.41, 5.74) is 0. The van der Waals surface area contributed by atoms with E-state index in [4.69, 9.17) is 4.74 Å². The number of carbonyl (C=O) groups excluding carboxylic acids is 1. The monoisotopic (exact) mass is 354 g/mol. The molecule has 0 rings (SSSR count). The fraction of sp³-hybridized carbons (Fsp3) is 0.957. The Morgan fingerprint density at radius 1 is 0.600 bits per heavy atom. The lowest BCUT2D eigenvalue weighted by Crippen LogP contribution is -2.05. The summed E-state index contributed by atoms with van der Waals surface area (Å²) < 4.78 is 5.29. The van der Waals surface area contributed by atoms with Gasteiger partial charge in [-0.3, -0.25) is 4.79 Å². The van der Waals surface area contributed by atoms with Crippen molar-refractivity contribution in [1.82, 2.24) is 0 Å². The second-order valence-corrected chi connectivity index (χ2v) is 8.58. The Morgan fingerprint density at radius 2 is 1.00 bits per heavy atom. The number of rotatable bonds is 18. The van der Waals surface area contributed by atoms with Crippen molar-refractivity contribution in [3.8, 4) is 0 Å². The van der Waals surface area contributed by atoms with Crippen LogP contribution in [0.4, 0.5) is 0 Å². The minimum Gasteiger partial charge on any atom is -0.466 e. The summed E-state index contributed by atoms with van der Waals surface area (Å²) in [7, 11) is 0. The molecule has 0 aliphatic rings. The number of esters is 1.